The van der Waals surface area contributed by atoms with Gasteiger partial charge < -0.3 is 9.84 Å². The van der Waals surface area contributed by atoms with Crippen LogP contribution in [0.4, 0.5) is 0 Å². The molecule has 0 saturated carbocycles. The Morgan fingerprint density at radius 2 is 2.25 bits per heavy atom. The van der Waals surface area contributed by atoms with E-state index in [1.165, 1.54) is 0 Å². The molecule has 0 bridgehead atoms. The van der Waals surface area contributed by atoms with Crippen molar-refractivity contribution in [3.63, 3.8) is 0 Å². The van der Waals surface area contributed by atoms with E-state index in [0.717, 1.165) is 19.3 Å². The first-order valence-corrected chi connectivity index (χ1v) is 4.93. The van der Waals surface area contributed by atoms with Gasteiger partial charge in [-0.05, 0) is 18.8 Å². The second-order valence-corrected chi connectivity index (χ2v) is 4.07. The first-order chi connectivity index (χ1) is 5.60. The van der Waals surface area contributed by atoms with Crippen LogP contribution in [0.5, 0.6) is 0 Å². The van der Waals surface area contributed by atoms with Gasteiger partial charge in [-0.25, -0.2) is 0 Å². The Hall–Kier alpha value is -0.0800. The fourth-order valence-electron chi connectivity index (χ4n) is 2.02. The van der Waals surface area contributed by atoms with Gasteiger partial charge in [-0.2, -0.15) is 0 Å². The van der Waals surface area contributed by atoms with Crippen molar-refractivity contribution in [2.24, 2.45) is 5.92 Å². The third-order valence-corrected chi connectivity index (χ3v) is 3.07. The first-order valence-electron chi connectivity index (χ1n) is 4.93. The summed E-state index contributed by atoms with van der Waals surface area (Å²) in [6.45, 7) is 7.19. The molecule has 2 atom stereocenters. The molecule has 0 aromatic heterocycles. The van der Waals surface area contributed by atoms with E-state index in [0.29, 0.717) is 12.5 Å². The molecule has 2 nitrogen and oxygen atoms in total. The number of hydrogen-bond acceptors (Lipinski definition) is 2. The zero-order chi connectivity index (χ0) is 9.19. The van der Waals surface area contributed by atoms with Gasteiger partial charge in [-0.3, -0.25) is 0 Å². The van der Waals surface area contributed by atoms with Gasteiger partial charge >= 0.3 is 0 Å². The summed E-state index contributed by atoms with van der Waals surface area (Å²) in [5.74, 6) is 0.498. The third-order valence-electron chi connectivity index (χ3n) is 3.07. The van der Waals surface area contributed by atoms with Crippen molar-refractivity contribution < 1.29 is 9.84 Å². The maximum absolute atomic E-state index is 9.54. The molecule has 1 aliphatic rings. The zero-order valence-corrected chi connectivity index (χ0v) is 8.34. The van der Waals surface area contributed by atoms with Crippen LogP contribution < -0.4 is 0 Å². The van der Waals surface area contributed by atoms with E-state index in [9.17, 15) is 5.11 Å². The average Bonchev–Trinajstić information content (AvgIpc) is 2.04. The molecule has 1 fully saturated rings. The van der Waals surface area contributed by atoms with E-state index in [4.69, 9.17) is 4.74 Å². The first kappa shape index (κ1) is 10.0. The molecule has 1 N–H and O–H groups in total. The van der Waals surface area contributed by atoms with Crippen molar-refractivity contribution in [1.82, 2.24) is 0 Å². The fraction of sp³-hybridized carbons (Fsp3) is 1.00. The summed E-state index contributed by atoms with van der Waals surface area (Å²) in [5.41, 5.74) is -0.0579. The second kappa shape index (κ2) is 3.75. The smallest absolute Gasteiger partial charge is 0.0727 e. The van der Waals surface area contributed by atoms with Gasteiger partial charge in [0.15, 0.2) is 0 Å². The summed E-state index contributed by atoms with van der Waals surface area (Å²) >= 11 is 0. The molecule has 0 aromatic rings. The SMILES string of the molecule is CCC1(C(C)C)CC(O)CCO1. The lowest BCUT2D eigenvalue weighted by Gasteiger charge is -2.42. The summed E-state index contributed by atoms with van der Waals surface area (Å²) in [6, 6.07) is 0. The highest BCUT2D eigenvalue weighted by Crippen LogP contribution is 2.34. The van der Waals surface area contributed by atoms with Gasteiger partial charge in [-0.1, -0.05) is 20.8 Å². The van der Waals surface area contributed by atoms with E-state index >= 15 is 0 Å². The molecule has 2 heteroatoms. The third kappa shape index (κ3) is 1.80. The monoisotopic (exact) mass is 172 g/mol. The normalized spacial score (nSPS) is 37.2. The van der Waals surface area contributed by atoms with E-state index in [-0.39, 0.29) is 11.7 Å². The summed E-state index contributed by atoms with van der Waals surface area (Å²) in [6.07, 6.45) is 2.46. The van der Waals surface area contributed by atoms with E-state index in [2.05, 4.69) is 20.8 Å². The van der Waals surface area contributed by atoms with Gasteiger partial charge in [0.25, 0.3) is 0 Å². The molecule has 0 aliphatic carbocycles. The topological polar surface area (TPSA) is 29.5 Å². The molecule has 1 saturated heterocycles. The lowest BCUT2D eigenvalue weighted by Crippen LogP contribution is -2.45. The predicted molar refractivity (Wildman–Crippen MR) is 49.1 cm³/mol. The van der Waals surface area contributed by atoms with Crippen LogP contribution in [-0.2, 0) is 4.74 Å². The molecule has 0 aromatic carbocycles. The summed E-state index contributed by atoms with van der Waals surface area (Å²) in [4.78, 5) is 0. The van der Waals surface area contributed by atoms with Crippen molar-refractivity contribution in [2.45, 2.75) is 51.7 Å². The molecule has 0 amide bonds. The fourth-order valence-corrected chi connectivity index (χ4v) is 2.02. The van der Waals surface area contributed by atoms with Crippen LogP contribution >= 0.6 is 0 Å². The maximum Gasteiger partial charge on any atom is 0.0727 e. The lowest BCUT2D eigenvalue weighted by molar-refractivity contribution is -0.144. The van der Waals surface area contributed by atoms with E-state index in [1.54, 1.807) is 0 Å². The van der Waals surface area contributed by atoms with Crippen LogP contribution in [0.1, 0.15) is 40.0 Å². The molecule has 72 valence electrons. The minimum absolute atomic E-state index is 0.0579. The summed E-state index contributed by atoms with van der Waals surface area (Å²) in [7, 11) is 0. The van der Waals surface area contributed by atoms with Gasteiger partial charge in [0, 0.05) is 13.0 Å². The van der Waals surface area contributed by atoms with Crippen molar-refractivity contribution in [3.8, 4) is 0 Å². The number of rotatable bonds is 2. The van der Waals surface area contributed by atoms with Gasteiger partial charge in [0.05, 0.1) is 11.7 Å². The molecule has 12 heavy (non-hydrogen) atoms. The molecule has 2 unspecified atom stereocenters. The highest BCUT2D eigenvalue weighted by Gasteiger charge is 2.37. The lowest BCUT2D eigenvalue weighted by atomic mass is 9.80. The van der Waals surface area contributed by atoms with Crippen LogP contribution in [0.3, 0.4) is 0 Å². The Morgan fingerprint density at radius 1 is 1.58 bits per heavy atom. The quantitative estimate of drug-likeness (QED) is 0.690. The Balaban J connectivity index is 2.64. The molecule has 0 radical (unpaired) electrons. The van der Waals surface area contributed by atoms with E-state index in [1.807, 2.05) is 0 Å². The Labute approximate surface area is 74.9 Å². The molecule has 1 heterocycles. The minimum atomic E-state index is -0.152. The summed E-state index contributed by atoms with van der Waals surface area (Å²) < 4.78 is 5.79. The van der Waals surface area contributed by atoms with Gasteiger partial charge in [-0.15, -0.1) is 0 Å². The average molecular weight is 172 g/mol. The molecule has 1 rings (SSSR count). The summed E-state index contributed by atoms with van der Waals surface area (Å²) in [5, 5.41) is 9.54. The number of hydrogen-bond donors (Lipinski definition) is 1. The Morgan fingerprint density at radius 3 is 2.58 bits per heavy atom. The molecular formula is C10H20O2. The minimum Gasteiger partial charge on any atom is -0.393 e. The highest BCUT2D eigenvalue weighted by atomic mass is 16.5. The standard InChI is InChI=1S/C10H20O2/c1-4-10(8(2)3)7-9(11)5-6-12-10/h8-9,11H,4-7H2,1-3H3. The van der Waals surface area contributed by atoms with Crippen LogP contribution in [0.25, 0.3) is 0 Å². The maximum atomic E-state index is 9.54. The van der Waals surface area contributed by atoms with Crippen molar-refractivity contribution in [3.05, 3.63) is 0 Å². The van der Waals surface area contributed by atoms with Gasteiger partial charge in [0.2, 0.25) is 0 Å². The molecule has 1 aliphatic heterocycles. The predicted octanol–water partition coefficient (Wildman–Crippen LogP) is 1.96. The molecular weight excluding hydrogens is 152 g/mol. The Bertz CT molecular complexity index is 145. The van der Waals surface area contributed by atoms with Crippen LogP contribution in [0.2, 0.25) is 0 Å². The van der Waals surface area contributed by atoms with Crippen molar-refractivity contribution in [2.75, 3.05) is 6.61 Å². The largest absolute Gasteiger partial charge is 0.393 e. The highest BCUT2D eigenvalue weighted by molar-refractivity contribution is 4.88. The zero-order valence-electron chi connectivity index (χ0n) is 8.34. The van der Waals surface area contributed by atoms with Crippen molar-refractivity contribution >= 4 is 0 Å². The molecule has 0 spiro atoms. The number of ether oxygens (including phenoxy) is 1. The van der Waals surface area contributed by atoms with E-state index < -0.39 is 0 Å². The Kier molecular flexibility index (Phi) is 3.13. The number of aliphatic hydroxyl groups excluding tert-OH is 1. The van der Waals surface area contributed by atoms with Gasteiger partial charge in [0.1, 0.15) is 0 Å². The van der Waals surface area contributed by atoms with Crippen LogP contribution in [0.15, 0.2) is 0 Å². The van der Waals surface area contributed by atoms with Crippen molar-refractivity contribution in [1.29, 1.82) is 0 Å². The van der Waals surface area contributed by atoms with Crippen LogP contribution in [0, 0.1) is 5.92 Å². The van der Waals surface area contributed by atoms with Crippen LogP contribution in [-0.4, -0.2) is 23.4 Å². The second-order valence-electron chi connectivity index (χ2n) is 4.07. The number of aliphatic hydroxyl groups is 1.